The van der Waals surface area contributed by atoms with E-state index in [1.54, 1.807) is 6.92 Å². The number of esters is 1. The van der Waals surface area contributed by atoms with Crippen LogP contribution < -0.4 is 4.74 Å². The predicted molar refractivity (Wildman–Crippen MR) is 64.7 cm³/mol. The maximum Gasteiger partial charge on any atom is 0.303 e. The lowest BCUT2D eigenvalue weighted by Crippen LogP contribution is -2.27. The van der Waals surface area contributed by atoms with Gasteiger partial charge >= 0.3 is 5.97 Å². The van der Waals surface area contributed by atoms with Gasteiger partial charge in [0.05, 0.1) is 0 Å². The molecule has 1 atom stereocenters. The minimum atomic E-state index is -1.37. The molecule has 5 heteroatoms. The second-order valence-corrected chi connectivity index (χ2v) is 3.88. The molecule has 0 saturated heterocycles. The van der Waals surface area contributed by atoms with Crippen LogP contribution in [0.3, 0.4) is 0 Å². The van der Waals surface area contributed by atoms with Gasteiger partial charge in [-0.15, -0.1) is 0 Å². The Labute approximate surface area is 109 Å². The lowest BCUT2D eigenvalue weighted by atomic mass is 10.1. The summed E-state index contributed by atoms with van der Waals surface area (Å²) in [7, 11) is 0. The molecular weight excluding hydrogens is 248 g/mol. The van der Waals surface area contributed by atoms with Crippen LogP contribution in [0.15, 0.2) is 18.2 Å². The fourth-order valence-electron chi connectivity index (χ4n) is 1.79. The van der Waals surface area contributed by atoms with Crippen molar-refractivity contribution in [3.8, 4) is 17.8 Å². The molecule has 0 heterocycles. The minimum Gasteiger partial charge on any atom is -0.446 e. The zero-order valence-corrected chi connectivity index (χ0v) is 10.4. The van der Waals surface area contributed by atoms with Gasteiger partial charge in [0, 0.05) is 25.0 Å². The van der Waals surface area contributed by atoms with Crippen LogP contribution >= 0.6 is 0 Å². The van der Waals surface area contributed by atoms with E-state index in [4.69, 9.17) is 9.47 Å². The first-order valence-electron chi connectivity index (χ1n) is 5.53. The maximum atomic E-state index is 12.0. The molecular formula is C14H10O5. The topological polar surface area (TPSA) is 69.7 Å². The Balaban J connectivity index is 2.35. The average Bonchev–Trinajstić information content (AvgIpc) is 2.61. The second-order valence-electron chi connectivity index (χ2n) is 3.88. The van der Waals surface area contributed by atoms with Crippen molar-refractivity contribution < 1.29 is 23.9 Å². The Morgan fingerprint density at radius 1 is 1.21 bits per heavy atom. The highest BCUT2D eigenvalue weighted by molar-refractivity contribution is 6.29. The lowest BCUT2D eigenvalue weighted by Gasteiger charge is -2.05. The summed E-state index contributed by atoms with van der Waals surface area (Å²) in [5, 5.41) is 0. The van der Waals surface area contributed by atoms with Crippen molar-refractivity contribution in [2.24, 2.45) is 0 Å². The number of fused-ring (bicyclic) bond motifs is 1. The molecule has 1 aromatic rings. The smallest absolute Gasteiger partial charge is 0.303 e. The Hall–Kier alpha value is -2.61. The van der Waals surface area contributed by atoms with Crippen LogP contribution in [0.25, 0.3) is 0 Å². The summed E-state index contributed by atoms with van der Waals surface area (Å²) >= 11 is 0. The first-order valence-corrected chi connectivity index (χ1v) is 5.53. The second kappa shape index (κ2) is 4.94. The maximum absolute atomic E-state index is 12.0. The van der Waals surface area contributed by atoms with Gasteiger partial charge in [-0.25, -0.2) is 0 Å². The summed E-state index contributed by atoms with van der Waals surface area (Å²) < 4.78 is 9.78. The molecule has 0 aliphatic heterocycles. The Morgan fingerprint density at radius 2 is 1.89 bits per heavy atom. The summed E-state index contributed by atoms with van der Waals surface area (Å²) in [6, 6.07) is 4.42. The number of rotatable bonds is 2. The van der Waals surface area contributed by atoms with Crippen molar-refractivity contribution in [2.45, 2.75) is 20.0 Å². The van der Waals surface area contributed by atoms with Crippen molar-refractivity contribution in [1.82, 2.24) is 0 Å². The Kier molecular flexibility index (Phi) is 3.34. The largest absolute Gasteiger partial charge is 0.446 e. The molecule has 19 heavy (non-hydrogen) atoms. The highest BCUT2D eigenvalue weighted by Gasteiger charge is 2.41. The molecule has 1 aliphatic rings. The summed E-state index contributed by atoms with van der Waals surface area (Å²) in [6.07, 6.45) is 1.02. The van der Waals surface area contributed by atoms with Crippen LogP contribution in [0.5, 0.6) is 5.75 Å². The molecule has 1 unspecified atom stereocenters. The fraction of sp³-hybridized carbons (Fsp3) is 0.214. The lowest BCUT2D eigenvalue weighted by molar-refractivity contribution is -0.142. The van der Waals surface area contributed by atoms with Gasteiger partial charge in [-0.3, -0.25) is 14.4 Å². The van der Waals surface area contributed by atoms with E-state index in [0.717, 1.165) is 6.92 Å². The monoisotopic (exact) mass is 258 g/mol. The summed E-state index contributed by atoms with van der Waals surface area (Å²) in [5.74, 6) is 1.18. The van der Waals surface area contributed by atoms with Crippen LogP contribution in [-0.4, -0.2) is 23.6 Å². The molecule has 2 rings (SSSR count). The summed E-state index contributed by atoms with van der Waals surface area (Å²) in [5.41, 5.74) is 0.416. The number of hydrogen-bond donors (Lipinski definition) is 0. The van der Waals surface area contributed by atoms with Crippen molar-refractivity contribution in [1.29, 1.82) is 0 Å². The molecule has 0 saturated carbocycles. The van der Waals surface area contributed by atoms with Crippen LogP contribution in [0, 0.1) is 12.0 Å². The Morgan fingerprint density at radius 3 is 2.53 bits per heavy atom. The van der Waals surface area contributed by atoms with E-state index in [0.29, 0.717) is 5.75 Å². The number of hydrogen-bond acceptors (Lipinski definition) is 5. The molecule has 1 aliphatic carbocycles. The van der Waals surface area contributed by atoms with Crippen LogP contribution in [-0.2, 0) is 9.53 Å². The first-order chi connectivity index (χ1) is 9.04. The quantitative estimate of drug-likeness (QED) is 0.455. The van der Waals surface area contributed by atoms with E-state index in [-0.39, 0.29) is 11.1 Å². The van der Waals surface area contributed by atoms with Gasteiger partial charge in [0.1, 0.15) is 11.9 Å². The standard InChI is InChI=1S/C14H10O5/c1-3-6-18-9-4-5-10-11(7-9)13(17)14(12(10)16)19-8(2)15/h4-5,7,14H,1-2H3. The summed E-state index contributed by atoms with van der Waals surface area (Å²) in [6.45, 7) is 2.76. The number of Topliss-reactive ketones (excluding diaryl/α,β-unsaturated/α-hetero) is 2. The van der Waals surface area contributed by atoms with E-state index in [2.05, 4.69) is 12.0 Å². The third kappa shape index (κ3) is 2.33. The van der Waals surface area contributed by atoms with Crippen molar-refractivity contribution in [3.05, 3.63) is 29.3 Å². The normalized spacial score (nSPS) is 16.4. The Bertz CT molecular complexity index is 633. The first kappa shape index (κ1) is 12.8. The molecule has 5 nitrogen and oxygen atoms in total. The molecule has 0 spiro atoms. The number of ether oxygens (including phenoxy) is 2. The molecule has 0 fully saturated rings. The van der Waals surface area contributed by atoms with Gasteiger partial charge in [0.15, 0.2) is 0 Å². The van der Waals surface area contributed by atoms with Gasteiger partial charge in [0.2, 0.25) is 17.7 Å². The number of carbonyl (C=O) groups is 3. The van der Waals surface area contributed by atoms with E-state index >= 15 is 0 Å². The summed E-state index contributed by atoms with van der Waals surface area (Å²) in [4.78, 5) is 34.8. The van der Waals surface area contributed by atoms with Gasteiger partial charge in [-0.2, -0.15) is 0 Å². The van der Waals surface area contributed by atoms with Crippen LogP contribution in [0.1, 0.15) is 34.6 Å². The number of ketones is 2. The fourth-order valence-corrected chi connectivity index (χ4v) is 1.79. The van der Waals surface area contributed by atoms with Crippen LogP contribution in [0.2, 0.25) is 0 Å². The highest BCUT2D eigenvalue weighted by atomic mass is 16.5. The van der Waals surface area contributed by atoms with Gasteiger partial charge < -0.3 is 9.47 Å². The molecule has 1 aromatic carbocycles. The van der Waals surface area contributed by atoms with E-state index in [9.17, 15) is 14.4 Å². The molecule has 0 amide bonds. The molecule has 0 bridgehead atoms. The molecule has 0 aromatic heterocycles. The molecule has 96 valence electrons. The van der Waals surface area contributed by atoms with Crippen LogP contribution in [0.4, 0.5) is 0 Å². The zero-order chi connectivity index (χ0) is 14.0. The van der Waals surface area contributed by atoms with Gasteiger partial charge in [-0.1, -0.05) is 5.92 Å². The zero-order valence-electron chi connectivity index (χ0n) is 10.4. The third-order valence-electron chi connectivity index (χ3n) is 2.55. The highest BCUT2D eigenvalue weighted by Crippen LogP contribution is 2.28. The third-order valence-corrected chi connectivity index (χ3v) is 2.55. The van der Waals surface area contributed by atoms with Crippen molar-refractivity contribution in [3.63, 3.8) is 0 Å². The molecule has 0 N–H and O–H groups in total. The van der Waals surface area contributed by atoms with Gasteiger partial charge in [0.25, 0.3) is 0 Å². The average molecular weight is 258 g/mol. The SMILES string of the molecule is CC#COc1ccc2c(c1)C(=O)C(OC(C)=O)C2=O. The number of carbonyl (C=O) groups excluding carboxylic acids is 3. The molecule has 0 radical (unpaired) electrons. The number of benzene rings is 1. The minimum absolute atomic E-state index is 0.187. The predicted octanol–water partition coefficient (Wildman–Crippen LogP) is 1.36. The van der Waals surface area contributed by atoms with Crippen molar-refractivity contribution >= 4 is 17.5 Å². The van der Waals surface area contributed by atoms with E-state index < -0.39 is 23.6 Å². The van der Waals surface area contributed by atoms with Gasteiger partial charge in [-0.05, 0) is 18.2 Å². The van der Waals surface area contributed by atoms with E-state index in [1.165, 1.54) is 18.2 Å². The van der Waals surface area contributed by atoms with Crippen molar-refractivity contribution in [2.75, 3.05) is 0 Å². The van der Waals surface area contributed by atoms with E-state index in [1.807, 2.05) is 0 Å².